The molecule has 0 aromatic carbocycles. The van der Waals surface area contributed by atoms with Gasteiger partial charge in [0.05, 0.1) is 23.3 Å². The maximum Gasteiger partial charge on any atom is 0.195 e. The number of thiophene rings is 1. The lowest BCUT2D eigenvalue weighted by molar-refractivity contribution is 0.240. The van der Waals surface area contributed by atoms with Crippen LogP contribution in [0.25, 0.3) is 22.8 Å². The Bertz CT molecular complexity index is 1040. The highest BCUT2D eigenvalue weighted by molar-refractivity contribution is 7.08. The smallest absolute Gasteiger partial charge is 0.195 e. The van der Waals surface area contributed by atoms with E-state index in [9.17, 15) is 0 Å². The van der Waals surface area contributed by atoms with Gasteiger partial charge in [-0.15, -0.1) is 0 Å². The summed E-state index contributed by atoms with van der Waals surface area (Å²) in [7, 11) is 0. The molecule has 1 aliphatic rings. The predicted octanol–water partition coefficient (Wildman–Crippen LogP) is 4.42. The molecule has 5 rings (SSSR count). The van der Waals surface area contributed by atoms with Gasteiger partial charge < -0.3 is 4.42 Å². The van der Waals surface area contributed by atoms with Crippen molar-refractivity contribution in [2.45, 2.75) is 19.5 Å². The molecule has 0 spiro atoms. The summed E-state index contributed by atoms with van der Waals surface area (Å²) >= 11 is 1.70. The zero-order valence-electron chi connectivity index (χ0n) is 14.7. The van der Waals surface area contributed by atoms with Gasteiger partial charge in [0.1, 0.15) is 0 Å². The molecule has 0 aliphatic carbocycles. The largest absolute Gasteiger partial charge is 0.461 e. The third-order valence-corrected chi connectivity index (χ3v) is 5.45. The van der Waals surface area contributed by atoms with E-state index in [-0.39, 0.29) is 0 Å². The van der Waals surface area contributed by atoms with Crippen LogP contribution in [0.3, 0.4) is 0 Å². The molecule has 4 aromatic rings. The zero-order chi connectivity index (χ0) is 18.1. The Hall–Kier alpha value is -2.83. The van der Waals surface area contributed by atoms with Crippen molar-refractivity contribution in [3.8, 4) is 22.8 Å². The van der Waals surface area contributed by atoms with Crippen LogP contribution in [0, 0.1) is 0 Å². The first-order chi connectivity index (χ1) is 13.3. The fourth-order valence-corrected chi connectivity index (χ4v) is 4.05. The molecule has 0 saturated carbocycles. The highest BCUT2D eigenvalue weighted by Gasteiger charge is 2.20. The molecule has 0 saturated heterocycles. The minimum absolute atomic E-state index is 0.664. The molecule has 1 aliphatic heterocycles. The van der Waals surface area contributed by atoms with Crippen LogP contribution < -0.4 is 0 Å². The summed E-state index contributed by atoms with van der Waals surface area (Å²) in [5.74, 6) is 1.38. The summed E-state index contributed by atoms with van der Waals surface area (Å²) in [6.07, 6.45) is 4.49. The van der Waals surface area contributed by atoms with Gasteiger partial charge in [0.2, 0.25) is 0 Å². The van der Waals surface area contributed by atoms with Crippen molar-refractivity contribution in [1.82, 2.24) is 19.9 Å². The van der Waals surface area contributed by atoms with Crippen LogP contribution in [0.2, 0.25) is 0 Å². The summed E-state index contributed by atoms with van der Waals surface area (Å²) in [5.41, 5.74) is 5.62. The predicted molar refractivity (Wildman–Crippen MR) is 105 cm³/mol. The lowest BCUT2D eigenvalue weighted by Gasteiger charge is -2.27. The Morgan fingerprint density at radius 2 is 2.11 bits per heavy atom. The molecule has 0 amide bonds. The number of hydrogen-bond donors (Lipinski definition) is 0. The molecule has 0 bridgehead atoms. The minimum atomic E-state index is 0.664. The Labute approximate surface area is 161 Å². The van der Waals surface area contributed by atoms with Gasteiger partial charge in [-0.05, 0) is 35.7 Å². The molecule has 0 unspecified atom stereocenters. The monoisotopic (exact) mass is 374 g/mol. The first-order valence-corrected chi connectivity index (χ1v) is 9.89. The van der Waals surface area contributed by atoms with Gasteiger partial charge >= 0.3 is 0 Å². The van der Waals surface area contributed by atoms with E-state index in [2.05, 4.69) is 44.9 Å². The van der Waals surface area contributed by atoms with Crippen molar-refractivity contribution in [1.29, 1.82) is 0 Å². The number of nitrogens with zero attached hydrogens (tertiary/aromatic N) is 4. The molecule has 5 nitrogen and oxygen atoms in total. The highest BCUT2D eigenvalue weighted by Crippen LogP contribution is 2.23. The van der Waals surface area contributed by atoms with Gasteiger partial charge in [0.15, 0.2) is 11.6 Å². The fourth-order valence-electron chi connectivity index (χ4n) is 3.40. The number of fused-ring (bicyclic) bond motifs is 1. The van der Waals surface area contributed by atoms with Crippen molar-refractivity contribution in [3.63, 3.8) is 0 Å². The average molecular weight is 374 g/mol. The number of aromatic nitrogens is 3. The van der Waals surface area contributed by atoms with E-state index in [0.29, 0.717) is 5.82 Å². The third kappa shape index (κ3) is 3.41. The van der Waals surface area contributed by atoms with E-state index in [1.54, 1.807) is 17.6 Å². The molecule has 27 heavy (non-hydrogen) atoms. The van der Waals surface area contributed by atoms with Gasteiger partial charge in [-0.1, -0.05) is 6.07 Å². The summed E-state index contributed by atoms with van der Waals surface area (Å²) in [4.78, 5) is 16.4. The molecule has 4 aromatic heterocycles. The van der Waals surface area contributed by atoms with Crippen LogP contribution in [0.15, 0.2) is 64.0 Å². The van der Waals surface area contributed by atoms with Crippen molar-refractivity contribution in [3.05, 3.63) is 76.6 Å². The van der Waals surface area contributed by atoms with Crippen LogP contribution in [0.4, 0.5) is 0 Å². The summed E-state index contributed by atoms with van der Waals surface area (Å²) in [5, 5.41) is 4.22. The van der Waals surface area contributed by atoms with Crippen LogP contribution >= 0.6 is 11.3 Å². The second kappa shape index (κ2) is 7.06. The van der Waals surface area contributed by atoms with Crippen LogP contribution in [-0.4, -0.2) is 26.4 Å². The molecular weight excluding hydrogens is 356 g/mol. The van der Waals surface area contributed by atoms with Crippen LogP contribution in [0.5, 0.6) is 0 Å². The molecule has 0 fully saturated rings. The second-order valence-electron chi connectivity index (χ2n) is 6.63. The molecular formula is C21H18N4OS. The molecule has 0 N–H and O–H groups in total. The summed E-state index contributed by atoms with van der Waals surface area (Å²) in [6, 6.07) is 12.1. The summed E-state index contributed by atoms with van der Waals surface area (Å²) in [6.45, 7) is 2.64. The van der Waals surface area contributed by atoms with Gasteiger partial charge in [0, 0.05) is 48.8 Å². The Morgan fingerprint density at radius 3 is 2.96 bits per heavy atom. The molecule has 0 atom stereocenters. The number of rotatable bonds is 4. The van der Waals surface area contributed by atoms with E-state index >= 15 is 0 Å². The van der Waals surface area contributed by atoms with E-state index in [0.717, 1.165) is 48.9 Å². The number of furan rings is 1. The van der Waals surface area contributed by atoms with Crippen molar-refractivity contribution in [2.24, 2.45) is 0 Å². The van der Waals surface area contributed by atoms with Crippen molar-refractivity contribution < 1.29 is 4.42 Å². The van der Waals surface area contributed by atoms with E-state index in [1.165, 1.54) is 11.1 Å². The number of pyridine rings is 1. The SMILES string of the molecule is c1cc(CN2CCc3nc(-c4ccco4)ncc3C2)nc(-c2ccsc2)c1. The highest BCUT2D eigenvalue weighted by atomic mass is 32.1. The standard InChI is InChI=1S/C21H18N4OS/c1-3-17(23-18(4-1)15-7-10-27-14-15)13-25-8-6-19-16(12-25)11-22-21(24-19)20-5-2-9-26-20/h1-5,7,9-11,14H,6,8,12-13H2. The van der Waals surface area contributed by atoms with Crippen LogP contribution in [-0.2, 0) is 19.5 Å². The van der Waals surface area contributed by atoms with Crippen molar-refractivity contribution in [2.75, 3.05) is 6.54 Å². The van der Waals surface area contributed by atoms with Crippen molar-refractivity contribution >= 4 is 11.3 Å². The van der Waals surface area contributed by atoms with Crippen LogP contribution in [0.1, 0.15) is 17.0 Å². The second-order valence-corrected chi connectivity index (χ2v) is 7.41. The molecule has 6 heteroatoms. The maximum atomic E-state index is 5.41. The maximum absolute atomic E-state index is 5.41. The molecule has 5 heterocycles. The topological polar surface area (TPSA) is 55.1 Å². The van der Waals surface area contributed by atoms with Gasteiger partial charge in [-0.25, -0.2) is 9.97 Å². The fraction of sp³-hybridized carbons (Fsp3) is 0.190. The first-order valence-electron chi connectivity index (χ1n) is 8.95. The Morgan fingerprint density at radius 1 is 1.11 bits per heavy atom. The average Bonchev–Trinajstić information content (AvgIpc) is 3.42. The van der Waals surface area contributed by atoms with Gasteiger partial charge in [0.25, 0.3) is 0 Å². The van der Waals surface area contributed by atoms with E-state index in [1.807, 2.05) is 18.3 Å². The number of hydrogen-bond acceptors (Lipinski definition) is 6. The van der Waals surface area contributed by atoms with Gasteiger partial charge in [-0.3, -0.25) is 9.88 Å². The summed E-state index contributed by atoms with van der Waals surface area (Å²) < 4.78 is 5.41. The Balaban J connectivity index is 1.32. The Kier molecular flexibility index (Phi) is 4.27. The van der Waals surface area contributed by atoms with Gasteiger partial charge in [-0.2, -0.15) is 11.3 Å². The minimum Gasteiger partial charge on any atom is -0.461 e. The quantitative estimate of drug-likeness (QED) is 0.529. The molecule has 0 radical (unpaired) electrons. The lowest BCUT2D eigenvalue weighted by atomic mass is 10.1. The first kappa shape index (κ1) is 16.4. The lowest BCUT2D eigenvalue weighted by Crippen LogP contribution is -2.31. The van der Waals surface area contributed by atoms with E-state index in [4.69, 9.17) is 14.4 Å². The molecule has 134 valence electrons. The zero-order valence-corrected chi connectivity index (χ0v) is 15.5. The third-order valence-electron chi connectivity index (χ3n) is 4.76. The van der Waals surface area contributed by atoms with E-state index < -0.39 is 0 Å². The normalized spacial score (nSPS) is 14.2.